The van der Waals surface area contributed by atoms with Gasteiger partial charge in [0.15, 0.2) is 0 Å². The molecule has 1 saturated heterocycles. The van der Waals surface area contributed by atoms with Gasteiger partial charge < -0.3 is 10.2 Å². The first-order valence-corrected chi connectivity index (χ1v) is 12.5. The van der Waals surface area contributed by atoms with Gasteiger partial charge in [-0.05, 0) is 92.9 Å². The van der Waals surface area contributed by atoms with Crippen molar-refractivity contribution in [3.63, 3.8) is 0 Å². The minimum Gasteiger partial charge on any atom is -0.317 e. The molecule has 5 rings (SSSR count). The van der Waals surface area contributed by atoms with Gasteiger partial charge in [0.05, 0.1) is 17.7 Å². The van der Waals surface area contributed by atoms with Gasteiger partial charge in [-0.3, -0.25) is 4.79 Å². The summed E-state index contributed by atoms with van der Waals surface area (Å²) in [5, 5.41) is 13.4. The van der Waals surface area contributed by atoms with Gasteiger partial charge in [0, 0.05) is 21.7 Å². The second kappa shape index (κ2) is 9.70. The number of anilines is 1. The monoisotopic (exact) mass is 481 g/mol. The van der Waals surface area contributed by atoms with Gasteiger partial charge in [-0.2, -0.15) is 5.26 Å². The van der Waals surface area contributed by atoms with Crippen molar-refractivity contribution in [2.45, 2.75) is 37.6 Å². The fraction of sp³-hybridized carbons (Fsp3) is 0.267. The molecule has 35 heavy (non-hydrogen) atoms. The van der Waals surface area contributed by atoms with Crippen LogP contribution in [-0.4, -0.2) is 25.0 Å². The molecular formula is C30H28ClN3O. The van der Waals surface area contributed by atoms with Crippen molar-refractivity contribution in [1.82, 2.24) is 5.32 Å². The molecule has 0 bridgehead atoms. The molecule has 3 aromatic carbocycles. The Morgan fingerprint density at radius 2 is 1.83 bits per heavy atom. The number of amides is 1. The molecule has 0 saturated carbocycles. The third-order valence-corrected chi connectivity index (χ3v) is 7.66. The summed E-state index contributed by atoms with van der Waals surface area (Å²) in [7, 11) is 0. The lowest BCUT2D eigenvalue weighted by atomic mass is 9.68. The van der Waals surface area contributed by atoms with Crippen molar-refractivity contribution in [3.8, 4) is 6.07 Å². The number of fused-ring (bicyclic) bond motifs is 2. The molecule has 0 aliphatic carbocycles. The van der Waals surface area contributed by atoms with Crippen LogP contribution < -0.4 is 10.2 Å². The minimum absolute atomic E-state index is 0.00749. The first-order chi connectivity index (χ1) is 17.0. The van der Waals surface area contributed by atoms with Crippen molar-refractivity contribution < 1.29 is 4.79 Å². The van der Waals surface area contributed by atoms with Crippen LogP contribution in [0.15, 0.2) is 72.8 Å². The third-order valence-electron chi connectivity index (χ3n) is 7.41. The lowest BCUT2D eigenvalue weighted by Crippen LogP contribution is -2.51. The number of nitrogens with zero attached hydrogens (tertiary/aromatic N) is 2. The molecule has 0 aromatic heterocycles. The lowest BCUT2D eigenvalue weighted by molar-refractivity contribution is 0.0964. The standard InChI is InChI=1S/C30H28ClN3O/c1-21-5-14-27-26(19-21)30(15-17-33-18-16-30)28(4-2-3-22-8-12-25(31)13-9-22)34(27)29(35)24-10-6-23(20-32)7-11-24/h2-3,5-14,19,28,33H,4,15-18H2,1H3/b3-2+. The molecular weight excluding hydrogens is 454 g/mol. The lowest BCUT2D eigenvalue weighted by Gasteiger charge is -2.41. The highest BCUT2D eigenvalue weighted by Crippen LogP contribution is 2.52. The van der Waals surface area contributed by atoms with Crippen LogP contribution in [0.2, 0.25) is 5.02 Å². The third kappa shape index (κ3) is 4.38. The number of carbonyl (C=O) groups is 1. The number of carbonyl (C=O) groups excluding carboxylic acids is 1. The van der Waals surface area contributed by atoms with Gasteiger partial charge in [0.2, 0.25) is 0 Å². The van der Waals surface area contributed by atoms with Crippen LogP contribution in [-0.2, 0) is 5.41 Å². The van der Waals surface area contributed by atoms with Crippen molar-refractivity contribution in [3.05, 3.63) is 106 Å². The molecule has 2 aliphatic rings. The summed E-state index contributed by atoms with van der Waals surface area (Å²) in [6.07, 6.45) is 7.03. The van der Waals surface area contributed by atoms with Crippen LogP contribution in [0, 0.1) is 18.3 Å². The molecule has 1 atom stereocenters. The van der Waals surface area contributed by atoms with Crippen molar-refractivity contribution in [1.29, 1.82) is 5.26 Å². The van der Waals surface area contributed by atoms with Crippen LogP contribution in [0.5, 0.6) is 0 Å². The Hall–Kier alpha value is -3.39. The van der Waals surface area contributed by atoms with E-state index in [1.165, 1.54) is 11.1 Å². The molecule has 2 aliphatic heterocycles. The van der Waals surface area contributed by atoms with E-state index in [2.05, 4.69) is 48.7 Å². The molecule has 1 N–H and O–H groups in total. The van der Waals surface area contributed by atoms with E-state index in [1.807, 2.05) is 29.2 Å². The topological polar surface area (TPSA) is 56.1 Å². The molecule has 1 unspecified atom stereocenters. The predicted octanol–water partition coefficient (Wildman–Crippen LogP) is 6.27. The maximum Gasteiger partial charge on any atom is 0.258 e. The molecule has 2 heterocycles. The van der Waals surface area contributed by atoms with E-state index in [0.717, 1.165) is 48.6 Å². The van der Waals surface area contributed by atoms with E-state index >= 15 is 0 Å². The zero-order valence-corrected chi connectivity index (χ0v) is 20.6. The Morgan fingerprint density at radius 3 is 2.51 bits per heavy atom. The van der Waals surface area contributed by atoms with Crippen LogP contribution >= 0.6 is 11.6 Å². The highest BCUT2D eigenvalue weighted by molar-refractivity contribution is 6.30. The van der Waals surface area contributed by atoms with Crippen LogP contribution in [0.3, 0.4) is 0 Å². The second-order valence-electron chi connectivity index (χ2n) is 9.50. The van der Waals surface area contributed by atoms with E-state index < -0.39 is 0 Å². The summed E-state index contributed by atoms with van der Waals surface area (Å²) in [6.45, 7) is 3.99. The summed E-state index contributed by atoms with van der Waals surface area (Å²) in [4.78, 5) is 16.0. The van der Waals surface area contributed by atoms with Crippen LogP contribution in [0.25, 0.3) is 6.08 Å². The summed E-state index contributed by atoms with van der Waals surface area (Å²) in [5.41, 5.74) is 5.65. The number of rotatable bonds is 4. The first-order valence-electron chi connectivity index (χ1n) is 12.1. The van der Waals surface area contributed by atoms with Gasteiger partial charge in [-0.15, -0.1) is 0 Å². The Labute approximate surface area is 211 Å². The van der Waals surface area contributed by atoms with Gasteiger partial charge in [-0.1, -0.05) is 53.6 Å². The number of piperidine rings is 1. The number of benzene rings is 3. The first kappa shape index (κ1) is 23.4. The number of hydrogen-bond donors (Lipinski definition) is 1. The van der Waals surface area contributed by atoms with E-state index in [4.69, 9.17) is 11.6 Å². The molecule has 1 spiro atoms. The molecule has 5 heteroatoms. The highest BCUT2D eigenvalue weighted by Gasteiger charge is 2.52. The highest BCUT2D eigenvalue weighted by atomic mass is 35.5. The summed E-state index contributed by atoms with van der Waals surface area (Å²) in [5.74, 6) is -0.0140. The number of nitriles is 1. The molecule has 1 amide bonds. The normalized spacial score (nSPS) is 18.5. The number of aryl methyl sites for hydroxylation is 1. The number of nitrogens with one attached hydrogen (secondary N) is 1. The largest absolute Gasteiger partial charge is 0.317 e. The Balaban J connectivity index is 1.56. The van der Waals surface area contributed by atoms with E-state index in [0.29, 0.717) is 11.1 Å². The zero-order valence-electron chi connectivity index (χ0n) is 19.8. The fourth-order valence-corrected chi connectivity index (χ4v) is 5.77. The van der Waals surface area contributed by atoms with E-state index in [1.54, 1.807) is 24.3 Å². The summed E-state index contributed by atoms with van der Waals surface area (Å²) >= 11 is 6.05. The molecule has 1 fully saturated rings. The SMILES string of the molecule is Cc1ccc2c(c1)C1(CCNCC1)C(C/C=C/c1ccc(Cl)cc1)N2C(=O)c1ccc(C#N)cc1. The van der Waals surface area contributed by atoms with Crippen LogP contribution in [0.4, 0.5) is 5.69 Å². The van der Waals surface area contributed by atoms with E-state index in [-0.39, 0.29) is 17.4 Å². The molecule has 4 nitrogen and oxygen atoms in total. The van der Waals surface area contributed by atoms with Crippen molar-refractivity contribution >= 4 is 29.3 Å². The molecule has 0 radical (unpaired) electrons. The second-order valence-corrected chi connectivity index (χ2v) is 9.93. The quantitative estimate of drug-likeness (QED) is 0.477. The summed E-state index contributed by atoms with van der Waals surface area (Å²) in [6, 6.07) is 23.4. The average Bonchev–Trinajstić information content (AvgIpc) is 3.13. The maximum absolute atomic E-state index is 14.0. The van der Waals surface area contributed by atoms with Gasteiger partial charge in [-0.25, -0.2) is 0 Å². The van der Waals surface area contributed by atoms with Crippen LogP contribution in [0.1, 0.15) is 51.9 Å². The van der Waals surface area contributed by atoms with Gasteiger partial charge in [0.25, 0.3) is 5.91 Å². The van der Waals surface area contributed by atoms with Gasteiger partial charge in [0.1, 0.15) is 0 Å². The molecule has 176 valence electrons. The minimum atomic E-state index is -0.0980. The van der Waals surface area contributed by atoms with Crippen molar-refractivity contribution in [2.75, 3.05) is 18.0 Å². The number of hydrogen-bond acceptors (Lipinski definition) is 3. The number of halogens is 1. The van der Waals surface area contributed by atoms with E-state index in [9.17, 15) is 10.1 Å². The van der Waals surface area contributed by atoms with Crippen molar-refractivity contribution in [2.24, 2.45) is 0 Å². The Bertz CT molecular complexity index is 1300. The predicted molar refractivity (Wildman–Crippen MR) is 142 cm³/mol. The average molecular weight is 482 g/mol. The maximum atomic E-state index is 14.0. The molecule has 3 aromatic rings. The fourth-order valence-electron chi connectivity index (χ4n) is 5.64. The summed E-state index contributed by atoms with van der Waals surface area (Å²) < 4.78 is 0. The smallest absolute Gasteiger partial charge is 0.258 e. The zero-order chi connectivity index (χ0) is 24.4. The van der Waals surface area contributed by atoms with Gasteiger partial charge >= 0.3 is 0 Å². The Kier molecular flexibility index (Phi) is 6.47. The Morgan fingerprint density at radius 1 is 1.11 bits per heavy atom.